The third kappa shape index (κ3) is 5.10. The first-order chi connectivity index (χ1) is 13.6. The maximum Gasteiger partial charge on any atom is 0.293 e. The SMILES string of the molecule is CCc1ccc(C(COc2ccc(CC3SC(=O)NC3=O)cc2)OC=O)nc1. The van der Waals surface area contributed by atoms with E-state index in [1.807, 2.05) is 31.2 Å². The fourth-order valence-electron chi connectivity index (χ4n) is 2.73. The molecule has 0 spiro atoms. The van der Waals surface area contributed by atoms with Crippen LogP contribution in [0.25, 0.3) is 0 Å². The van der Waals surface area contributed by atoms with Crippen LogP contribution in [0.4, 0.5) is 4.79 Å². The van der Waals surface area contributed by atoms with Gasteiger partial charge in [0.2, 0.25) is 5.91 Å². The number of hydrogen-bond donors (Lipinski definition) is 1. The second kappa shape index (κ2) is 9.36. The van der Waals surface area contributed by atoms with Crippen molar-refractivity contribution in [3.8, 4) is 5.75 Å². The average Bonchev–Trinajstić information content (AvgIpc) is 3.03. The second-order valence-electron chi connectivity index (χ2n) is 6.21. The van der Waals surface area contributed by atoms with Gasteiger partial charge in [-0.2, -0.15) is 0 Å². The summed E-state index contributed by atoms with van der Waals surface area (Å²) in [5.74, 6) is 0.346. The Morgan fingerprint density at radius 1 is 1.18 bits per heavy atom. The number of carbonyl (C=O) groups excluding carboxylic acids is 3. The van der Waals surface area contributed by atoms with Gasteiger partial charge in [0.05, 0.1) is 10.9 Å². The monoisotopic (exact) mass is 400 g/mol. The van der Waals surface area contributed by atoms with E-state index in [4.69, 9.17) is 9.47 Å². The van der Waals surface area contributed by atoms with Crippen LogP contribution < -0.4 is 10.1 Å². The Bertz CT molecular complexity index is 839. The lowest BCUT2D eigenvalue weighted by Crippen LogP contribution is -2.25. The van der Waals surface area contributed by atoms with Gasteiger partial charge < -0.3 is 9.47 Å². The maximum absolute atomic E-state index is 11.6. The van der Waals surface area contributed by atoms with Crippen LogP contribution in [0.3, 0.4) is 0 Å². The molecule has 0 bridgehead atoms. The highest BCUT2D eigenvalue weighted by Gasteiger charge is 2.31. The summed E-state index contributed by atoms with van der Waals surface area (Å²) >= 11 is 1.01. The Morgan fingerprint density at radius 2 is 1.93 bits per heavy atom. The van der Waals surface area contributed by atoms with Crippen molar-refractivity contribution in [2.75, 3.05) is 6.61 Å². The van der Waals surface area contributed by atoms with E-state index in [0.717, 1.165) is 29.3 Å². The molecule has 2 amide bonds. The molecule has 1 saturated heterocycles. The van der Waals surface area contributed by atoms with E-state index < -0.39 is 11.4 Å². The molecule has 1 fully saturated rings. The number of aromatic nitrogens is 1. The molecule has 2 heterocycles. The van der Waals surface area contributed by atoms with Gasteiger partial charge >= 0.3 is 0 Å². The number of nitrogens with one attached hydrogen (secondary N) is 1. The van der Waals surface area contributed by atoms with E-state index in [-0.39, 0.29) is 17.8 Å². The van der Waals surface area contributed by atoms with E-state index in [2.05, 4.69) is 10.3 Å². The fourth-order valence-corrected chi connectivity index (χ4v) is 3.59. The molecule has 1 aromatic heterocycles. The summed E-state index contributed by atoms with van der Waals surface area (Å²) in [5, 5.41) is 1.57. The van der Waals surface area contributed by atoms with Gasteiger partial charge in [-0.15, -0.1) is 0 Å². The maximum atomic E-state index is 11.6. The zero-order valence-corrected chi connectivity index (χ0v) is 16.1. The molecule has 2 atom stereocenters. The number of aryl methyl sites for hydroxylation is 1. The number of carbonyl (C=O) groups is 3. The molecule has 1 N–H and O–H groups in total. The molecular formula is C20H20N2O5S. The molecule has 1 aliphatic rings. The van der Waals surface area contributed by atoms with Crippen molar-refractivity contribution in [1.29, 1.82) is 0 Å². The predicted molar refractivity (Wildman–Crippen MR) is 104 cm³/mol. The highest BCUT2D eigenvalue weighted by Crippen LogP contribution is 2.24. The minimum Gasteiger partial charge on any atom is -0.489 e. The van der Waals surface area contributed by atoms with Crippen LogP contribution >= 0.6 is 11.8 Å². The van der Waals surface area contributed by atoms with Gasteiger partial charge in [0.15, 0.2) is 6.10 Å². The summed E-state index contributed by atoms with van der Waals surface area (Å²) < 4.78 is 10.8. The van der Waals surface area contributed by atoms with Gasteiger partial charge in [-0.1, -0.05) is 36.9 Å². The number of benzene rings is 1. The molecule has 3 rings (SSSR count). The van der Waals surface area contributed by atoms with Crippen LogP contribution in [-0.4, -0.2) is 34.5 Å². The van der Waals surface area contributed by atoms with Crippen molar-refractivity contribution >= 4 is 29.4 Å². The number of rotatable bonds is 9. The van der Waals surface area contributed by atoms with E-state index in [1.165, 1.54) is 0 Å². The summed E-state index contributed by atoms with van der Waals surface area (Å²) in [6, 6.07) is 11.0. The number of pyridine rings is 1. The molecule has 2 aromatic rings. The van der Waals surface area contributed by atoms with E-state index in [1.54, 1.807) is 18.3 Å². The molecule has 2 unspecified atom stereocenters. The number of thioether (sulfide) groups is 1. The van der Waals surface area contributed by atoms with Crippen molar-refractivity contribution in [1.82, 2.24) is 10.3 Å². The van der Waals surface area contributed by atoms with E-state index in [9.17, 15) is 14.4 Å². The summed E-state index contributed by atoms with van der Waals surface area (Å²) in [4.78, 5) is 38.0. The summed E-state index contributed by atoms with van der Waals surface area (Å²) in [7, 11) is 0. The van der Waals surface area contributed by atoms with Crippen molar-refractivity contribution in [2.24, 2.45) is 0 Å². The molecule has 1 aliphatic heterocycles. The van der Waals surface area contributed by atoms with Gasteiger partial charge in [-0.3, -0.25) is 24.7 Å². The Balaban J connectivity index is 1.58. The quantitative estimate of drug-likeness (QED) is 0.647. The number of imide groups is 1. The molecule has 0 saturated carbocycles. The second-order valence-corrected chi connectivity index (χ2v) is 7.38. The zero-order chi connectivity index (χ0) is 19.9. The Morgan fingerprint density at radius 3 is 2.50 bits per heavy atom. The van der Waals surface area contributed by atoms with Crippen LogP contribution in [0.2, 0.25) is 0 Å². The molecule has 28 heavy (non-hydrogen) atoms. The lowest BCUT2D eigenvalue weighted by atomic mass is 10.1. The molecule has 8 heteroatoms. The first kappa shape index (κ1) is 19.9. The summed E-state index contributed by atoms with van der Waals surface area (Å²) in [6.07, 6.45) is 2.50. The Kier molecular flexibility index (Phi) is 6.65. The van der Waals surface area contributed by atoms with Crippen LogP contribution in [0.1, 0.15) is 29.8 Å². The first-order valence-electron chi connectivity index (χ1n) is 8.86. The predicted octanol–water partition coefficient (Wildman–Crippen LogP) is 2.83. The molecular weight excluding hydrogens is 380 g/mol. The number of hydrogen-bond acceptors (Lipinski definition) is 7. The van der Waals surface area contributed by atoms with Crippen LogP contribution in [0, 0.1) is 0 Å². The van der Waals surface area contributed by atoms with Gasteiger partial charge in [-0.05, 0) is 42.2 Å². The van der Waals surface area contributed by atoms with Crippen LogP contribution in [-0.2, 0) is 27.2 Å². The lowest BCUT2D eigenvalue weighted by Gasteiger charge is -2.16. The topological polar surface area (TPSA) is 94.6 Å². The third-order valence-corrected chi connectivity index (χ3v) is 5.30. The van der Waals surface area contributed by atoms with E-state index in [0.29, 0.717) is 24.3 Å². The smallest absolute Gasteiger partial charge is 0.293 e. The number of ether oxygens (including phenoxy) is 2. The average molecular weight is 400 g/mol. The van der Waals surface area contributed by atoms with Gasteiger partial charge in [0, 0.05) is 6.20 Å². The minimum absolute atomic E-state index is 0.131. The van der Waals surface area contributed by atoms with Crippen LogP contribution in [0.15, 0.2) is 42.6 Å². The zero-order valence-electron chi connectivity index (χ0n) is 15.3. The van der Waals surface area contributed by atoms with Crippen molar-refractivity contribution in [2.45, 2.75) is 31.1 Å². The number of nitrogens with zero attached hydrogens (tertiary/aromatic N) is 1. The Labute approximate surface area is 166 Å². The van der Waals surface area contributed by atoms with Crippen molar-refractivity contribution < 1.29 is 23.9 Å². The number of amides is 2. The normalized spacial score (nSPS) is 17.1. The van der Waals surface area contributed by atoms with Crippen LogP contribution in [0.5, 0.6) is 5.75 Å². The molecule has 0 aliphatic carbocycles. The lowest BCUT2D eigenvalue weighted by molar-refractivity contribution is -0.135. The minimum atomic E-state index is -0.604. The van der Waals surface area contributed by atoms with Gasteiger partial charge in [-0.25, -0.2) is 0 Å². The van der Waals surface area contributed by atoms with Crippen molar-refractivity contribution in [3.63, 3.8) is 0 Å². The molecule has 0 radical (unpaired) electrons. The highest BCUT2D eigenvalue weighted by atomic mass is 32.2. The van der Waals surface area contributed by atoms with Gasteiger partial charge in [0.25, 0.3) is 11.7 Å². The highest BCUT2D eigenvalue weighted by molar-refractivity contribution is 8.15. The molecule has 1 aromatic carbocycles. The van der Waals surface area contributed by atoms with E-state index >= 15 is 0 Å². The van der Waals surface area contributed by atoms with Crippen molar-refractivity contribution in [3.05, 3.63) is 59.4 Å². The molecule has 146 valence electrons. The fraction of sp³-hybridized carbons (Fsp3) is 0.300. The Hall–Kier alpha value is -2.87. The van der Waals surface area contributed by atoms with Gasteiger partial charge in [0.1, 0.15) is 12.4 Å². The third-order valence-electron chi connectivity index (χ3n) is 4.32. The molecule has 7 nitrogen and oxygen atoms in total. The largest absolute Gasteiger partial charge is 0.489 e. The first-order valence-corrected chi connectivity index (χ1v) is 9.74. The summed E-state index contributed by atoms with van der Waals surface area (Å²) in [6.45, 7) is 2.56. The standard InChI is InChI=1S/C20H20N2O5S/c1-2-13-5-8-16(21-10-13)17(27-12-23)11-26-15-6-3-14(4-7-15)9-18-19(24)22-20(25)28-18/h3-8,10,12,17-18H,2,9,11H2,1H3,(H,22,24,25). The summed E-state index contributed by atoms with van der Waals surface area (Å²) in [5.41, 5.74) is 2.64.